The molecule has 0 radical (unpaired) electrons. The summed E-state index contributed by atoms with van der Waals surface area (Å²) < 4.78 is 0. The normalized spacial score (nSPS) is 20.1. The number of amides is 2. The van der Waals surface area contributed by atoms with Crippen LogP contribution in [0.1, 0.15) is 39.5 Å². The summed E-state index contributed by atoms with van der Waals surface area (Å²) in [6.45, 7) is 4.88. The molecule has 1 atom stereocenters. The lowest BCUT2D eigenvalue weighted by molar-refractivity contribution is -0.137. The van der Waals surface area contributed by atoms with Crippen molar-refractivity contribution in [3.63, 3.8) is 0 Å². The molecule has 0 bridgehead atoms. The number of nitrogens with zero attached hydrogens (tertiary/aromatic N) is 2. The lowest BCUT2D eigenvalue weighted by Crippen LogP contribution is -2.51. The van der Waals surface area contributed by atoms with E-state index in [4.69, 9.17) is 5.11 Å². The molecule has 0 aromatic heterocycles. The first-order chi connectivity index (χ1) is 8.10. The molecule has 1 unspecified atom stereocenters. The van der Waals surface area contributed by atoms with Crippen LogP contribution in [0.25, 0.3) is 0 Å². The Balaban J connectivity index is 2.67. The number of carbonyl (C=O) groups excluding carboxylic acids is 1. The van der Waals surface area contributed by atoms with E-state index in [1.807, 2.05) is 11.8 Å². The number of likely N-dealkylation sites (tertiary alicyclic amines) is 1. The highest BCUT2D eigenvalue weighted by Gasteiger charge is 2.28. The van der Waals surface area contributed by atoms with Crippen molar-refractivity contribution in [1.29, 1.82) is 0 Å². The zero-order valence-electron chi connectivity index (χ0n) is 10.7. The van der Waals surface area contributed by atoms with Crippen molar-refractivity contribution >= 4 is 12.0 Å². The molecular formula is C12H22N2O3. The van der Waals surface area contributed by atoms with E-state index in [9.17, 15) is 9.59 Å². The Kier molecular flexibility index (Phi) is 5.25. The van der Waals surface area contributed by atoms with E-state index in [1.54, 1.807) is 0 Å². The van der Waals surface area contributed by atoms with Crippen LogP contribution in [0.15, 0.2) is 0 Å². The van der Waals surface area contributed by atoms with Gasteiger partial charge in [0.2, 0.25) is 0 Å². The minimum absolute atomic E-state index is 0.124. The summed E-state index contributed by atoms with van der Waals surface area (Å²) in [5, 5.41) is 8.77. The Hall–Kier alpha value is -1.26. The van der Waals surface area contributed by atoms with Crippen LogP contribution in [0, 0.1) is 0 Å². The summed E-state index contributed by atoms with van der Waals surface area (Å²) in [6, 6.07) is 0.153. The number of carbonyl (C=O) groups is 2. The van der Waals surface area contributed by atoms with Crippen LogP contribution >= 0.6 is 0 Å². The standard InChI is InChI=1S/C12H22N2O3/c1-3-10-7-5-6-8-14(10)12(17)13(4-2)9-11(15)16/h10H,3-9H2,1-2H3,(H,15,16). The highest BCUT2D eigenvalue weighted by molar-refractivity contribution is 5.80. The Labute approximate surface area is 102 Å². The molecule has 5 nitrogen and oxygen atoms in total. The first kappa shape index (κ1) is 13.8. The minimum atomic E-state index is -0.953. The van der Waals surface area contributed by atoms with Crippen LogP contribution in [0.5, 0.6) is 0 Å². The monoisotopic (exact) mass is 242 g/mol. The highest BCUT2D eigenvalue weighted by Crippen LogP contribution is 2.20. The van der Waals surface area contributed by atoms with E-state index in [2.05, 4.69) is 6.92 Å². The molecule has 0 spiro atoms. The van der Waals surface area contributed by atoms with Gasteiger partial charge in [-0.3, -0.25) is 4.79 Å². The zero-order chi connectivity index (χ0) is 12.8. The van der Waals surface area contributed by atoms with Gasteiger partial charge in [0.25, 0.3) is 0 Å². The largest absolute Gasteiger partial charge is 0.480 e. The molecule has 17 heavy (non-hydrogen) atoms. The number of carboxylic acids is 1. The topological polar surface area (TPSA) is 60.9 Å². The van der Waals surface area contributed by atoms with E-state index < -0.39 is 5.97 Å². The van der Waals surface area contributed by atoms with E-state index >= 15 is 0 Å². The fourth-order valence-electron chi connectivity index (χ4n) is 2.34. The summed E-state index contributed by atoms with van der Waals surface area (Å²) >= 11 is 0. The molecule has 1 aliphatic heterocycles. The second-order valence-electron chi connectivity index (χ2n) is 4.44. The first-order valence-corrected chi connectivity index (χ1v) is 6.37. The maximum absolute atomic E-state index is 12.2. The number of aliphatic carboxylic acids is 1. The van der Waals surface area contributed by atoms with E-state index in [0.29, 0.717) is 6.54 Å². The van der Waals surface area contributed by atoms with Gasteiger partial charge < -0.3 is 14.9 Å². The molecule has 0 aliphatic carbocycles. The average molecular weight is 242 g/mol. The summed E-state index contributed by atoms with van der Waals surface area (Å²) in [6.07, 6.45) is 4.16. The first-order valence-electron chi connectivity index (χ1n) is 6.37. The van der Waals surface area contributed by atoms with Gasteiger partial charge in [0.1, 0.15) is 6.54 Å². The van der Waals surface area contributed by atoms with Crippen molar-refractivity contribution in [3.8, 4) is 0 Å². The second-order valence-corrected chi connectivity index (χ2v) is 4.44. The molecule has 1 heterocycles. The minimum Gasteiger partial charge on any atom is -0.480 e. The Morgan fingerprint density at radius 1 is 1.35 bits per heavy atom. The summed E-state index contributed by atoms with van der Waals surface area (Å²) in [7, 11) is 0. The quantitative estimate of drug-likeness (QED) is 0.817. The lowest BCUT2D eigenvalue weighted by Gasteiger charge is -2.38. The molecule has 2 amide bonds. The molecule has 1 aliphatic rings. The molecule has 5 heteroatoms. The third kappa shape index (κ3) is 3.61. The van der Waals surface area contributed by atoms with Gasteiger partial charge in [-0.15, -0.1) is 0 Å². The second kappa shape index (κ2) is 6.47. The Bertz CT molecular complexity index is 281. The third-order valence-corrected chi connectivity index (χ3v) is 3.32. The van der Waals surface area contributed by atoms with Gasteiger partial charge in [-0.1, -0.05) is 6.92 Å². The predicted octanol–water partition coefficient (Wildman–Crippen LogP) is 1.78. The smallest absolute Gasteiger partial charge is 0.323 e. The van der Waals surface area contributed by atoms with Crippen molar-refractivity contribution in [2.75, 3.05) is 19.6 Å². The van der Waals surface area contributed by atoms with Crippen LogP contribution in [-0.2, 0) is 4.79 Å². The zero-order valence-corrected chi connectivity index (χ0v) is 10.7. The van der Waals surface area contributed by atoms with E-state index in [1.165, 1.54) is 4.90 Å². The highest BCUT2D eigenvalue weighted by atomic mass is 16.4. The predicted molar refractivity (Wildman–Crippen MR) is 64.9 cm³/mol. The van der Waals surface area contributed by atoms with Gasteiger partial charge in [-0.25, -0.2) is 4.79 Å². The van der Waals surface area contributed by atoms with Crippen molar-refractivity contribution in [3.05, 3.63) is 0 Å². The Morgan fingerprint density at radius 2 is 2.06 bits per heavy atom. The number of rotatable bonds is 4. The van der Waals surface area contributed by atoms with Crippen molar-refractivity contribution in [2.24, 2.45) is 0 Å². The van der Waals surface area contributed by atoms with Crippen LogP contribution in [0.3, 0.4) is 0 Å². The number of urea groups is 1. The molecule has 1 fully saturated rings. The third-order valence-electron chi connectivity index (χ3n) is 3.32. The summed E-state index contributed by atoms with van der Waals surface area (Å²) in [5.41, 5.74) is 0. The molecule has 1 rings (SSSR count). The number of carboxylic acid groups (broad SMARTS) is 1. The van der Waals surface area contributed by atoms with Gasteiger partial charge in [0.15, 0.2) is 0 Å². The maximum atomic E-state index is 12.2. The van der Waals surface area contributed by atoms with Crippen LogP contribution in [0.4, 0.5) is 4.79 Å². The van der Waals surface area contributed by atoms with Gasteiger partial charge in [-0.05, 0) is 32.6 Å². The number of hydrogen-bond donors (Lipinski definition) is 1. The van der Waals surface area contributed by atoms with E-state index in [0.717, 1.165) is 32.2 Å². The molecular weight excluding hydrogens is 220 g/mol. The molecule has 0 aromatic rings. The summed E-state index contributed by atoms with van der Waals surface area (Å²) in [4.78, 5) is 26.2. The fourth-order valence-corrected chi connectivity index (χ4v) is 2.34. The SMILES string of the molecule is CCC1CCCCN1C(=O)N(CC)CC(=O)O. The van der Waals surface area contributed by atoms with Crippen molar-refractivity contribution in [2.45, 2.75) is 45.6 Å². The molecule has 0 saturated carbocycles. The van der Waals surface area contributed by atoms with Crippen LogP contribution in [-0.4, -0.2) is 52.6 Å². The van der Waals surface area contributed by atoms with E-state index in [-0.39, 0.29) is 18.6 Å². The Morgan fingerprint density at radius 3 is 2.59 bits per heavy atom. The molecule has 98 valence electrons. The molecule has 1 N–H and O–H groups in total. The number of hydrogen-bond acceptors (Lipinski definition) is 2. The van der Waals surface area contributed by atoms with Crippen LogP contribution < -0.4 is 0 Å². The maximum Gasteiger partial charge on any atom is 0.323 e. The van der Waals surface area contributed by atoms with Gasteiger partial charge in [0.05, 0.1) is 0 Å². The number of piperidine rings is 1. The van der Waals surface area contributed by atoms with Crippen LogP contribution in [0.2, 0.25) is 0 Å². The van der Waals surface area contributed by atoms with Gasteiger partial charge >= 0.3 is 12.0 Å². The van der Waals surface area contributed by atoms with Crippen molar-refractivity contribution < 1.29 is 14.7 Å². The fraction of sp³-hybridized carbons (Fsp3) is 0.833. The van der Waals surface area contributed by atoms with Gasteiger partial charge in [-0.2, -0.15) is 0 Å². The number of likely N-dealkylation sites (N-methyl/N-ethyl adjacent to an activating group) is 1. The van der Waals surface area contributed by atoms with Gasteiger partial charge in [0, 0.05) is 19.1 Å². The lowest BCUT2D eigenvalue weighted by atomic mass is 10.0. The van der Waals surface area contributed by atoms with Crippen molar-refractivity contribution in [1.82, 2.24) is 9.80 Å². The molecule has 0 aromatic carbocycles. The average Bonchev–Trinajstić information content (AvgIpc) is 2.34. The molecule has 1 saturated heterocycles. The summed E-state index contributed by atoms with van der Waals surface area (Å²) in [5.74, 6) is -0.953.